The summed E-state index contributed by atoms with van der Waals surface area (Å²) in [7, 11) is -2.63. The third-order valence-corrected chi connectivity index (χ3v) is 8.87. The molecule has 0 fully saturated rings. The summed E-state index contributed by atoms with van der Waals surface area (Å²) in [6.07, 6.45) is 2.14. The van der Waals surface area contributed by atoms with E-state index in [0.717, 1.165) is 16.7 Å². The van der Waals surface area contributed by atoms with Crippen LogP contribution in [0, 0.1) is 26.2 Å². The van der Waals surface area contributed by atoms with Crippen LogP contribution in [-0.4, -0.2) is 58.9 Å². The Kier molecular flexibility index (Phi) is 8.79. The minimum Gasteiger partial charge on any atom is -0.493 e. The third-order valence-electron chi connectivity index (χ3n) is 7.55. The SMILES string of the molecule is COc1cnc(CN2C(=O)c3cccc(c3)S(=O)(=O)Nc3nc(cc(-c4c(C)cccc4C)n3)OC[C@H]2CC(C)(C)C)nc1C. The van der Waals surface area contributed by atoms with E-state index in [2.05, 4.69) is 45.4 Å². The molecule has 4 bridgehead atoms. The van der Waals surface area contributed by atoms with Crippen molar-refractivity contribution in [3.8, 4) is 22.9 Å². The summed E-state index contributed by atoms with van der Waals surface area (Å²) in [4.78, 5) is 33.9. The number of benzene rings is 2. The molecule has 1 N–H and O–H groups in total. The number of carbonyl (C=O) groups is 1. The Morgan fingerprint density at radius 1 is 1.02 bits per heavy atom. The smallest absolute Gasteiger partial charge is 0.264 e. The van der Waals surface area contributed by atoms with E-state index in [9.17, 15) is 13.2 Å². The second-order valence-electron chi connectivity index (χ2n) is 12.4. The molecule has 0 radical (unpaired) electrons. The highest BCUT2D eigenvalue weighted by atomic mass is 32.2. The zero-order valence-corrected chi connectivity index (χ0v) is 27.4. The molecule has 1 aliphatic heterocycles. The molecule has 0 spiro atoms. The second kappa shape index (κ2) is 12.4. The van der Waals surface area contributed by atoms with Crippen molar-refractivity contribution < 1.29 is 22.7 Å². The summed E-state index contributed by atoms with van der Waals surface area (Å²) in [5, 5.41) is 0. The van der Waals surface area contributed by atoms with Crippen LogP contribution < -0.4 is 14.2 Å². The normalized spacial score (nSPS) is 16.5. The zero-order chi connectivity index (χ0) is 32.5. The standard InChI is InChI=1S/C33H38N6O5S/c1-20-10-8-11-21(2)30(20)26-15-29-37-32(36-26)38-45(41,42)25-13-9-12-23(14-25)31(40)39(24(19-44-29)16-33(4,5)6)18-28-34-17-27(43-7)22(3)35-28/h8-15,17,24H,16,18-19H2,1-7H3,(H,36,37,38)/t24-/m1/s1. The number of amides is 1. The van der Waals surface area contributed by atoms with Crippen LogP contribution in [0.3, 0.4) is 0 Å². The number of sulfonamides is 1. The van der Waals surface area contributed by atoms with Gasteiger partial charge in [-0.25, -0.2) is 28.1 Å². The number of rotatable bonds is 5. The van der Waals surface area contributed by atoms with Gasteiger partial charge in [0.25, 0.3) is 15.9 Å². The second-order valence-corrected chi connectivity index (χ2v) is 14.1. The first-order valence-electron chi connectivity index (χ1n) is 14.6. The lowest BCUT2D eigenvalue weighted by Gasteiger charge is -2.35. The summed E-state index contributed by atoms with van der Waals surface area (Å²) in [5.41, 5.74) is 3.93. The van der Waals surface area contributed by atoms with Gasteiger partial charge in [-0.1, -0.05) is 45.0 Å². The average Bonchev–Trinajstić information content (AvgIpc) is 2.97. The van der Waals surface area contributed by atoms with E-state index >= 15 is 0 Å². The van der Waals surface area contributed by atoms with Gasteiger partial charge >= 0.3 is 0 Å². The third kappa shape index (κ3) is 7.22. The van der Waals surface area contributed by atoms with E-state index in [0.29, 0.717) is 29.4 Å². The van der Waals surface area contributed by atoms with E-state index in [1.165, 1.54) is 12.1 Å². The lowest BCUT2D eigenvalue weighted by atomic mass is 9.87. The number of nitrogens with one attached hydrogen (secondary N) is 1. The van der Waals surface area contributed by atoms with Gasteiger partial charge in [-0.05, 0) is 61.9 Å². The Labute approximate surface area is 264 Å². The summed E-state index contributed by atoms with van der Waals surface area (Å²) in [6, 6.07) is 13.1. The molecule has 0 saturated heterocycles. The van der Waals surface area contributed by atoms with Gasteiger partial charge in [-0.2, -0.15) is 4.98 Å². The molecular weight excluding hydrogens is 592 g/mol. The lowest BCUT2D eigenvalue weighted by molar-refractivity contribution is 0.0505. The van der Waals surface area contributed by atoms with Crippen LogP contribution in [-0.2, 0) is 16.6 Å². The zero-order valence-electron chi connectivity index (χ0n) is 26.6. The number of nitrogens with zero attached hydrogens (tertiary/aromatic N) is 5. The molecule has 2 aromatic heterocycles. The maximum absolute atomic E-state index is 14.3. The lowest BCUT2D eigenvalue weighted by Crippen LogP contribution is -2.45. The van der Waals surface area contributed by atoms with Crippen molar-refractivity contribution in [2.45, 2.75) is 65.4 Å². The summed E-state index contributed by atoms with van der Waals surface area (Å²) in [6.45, 7) is 12.1. The van der Waals surface area contributed by atoms with Crippen molar-refractivity contribution in [1.82, 2.24) is 24.8 Å². The van der Waals surface area contributed by atoms with Crippen LogP contribution >= 0.6 is 0 Å². The van der Waals surface area contributed by atoms with Crippen LogP contribution in [0.15, 0.2) is 59.6 Å². The van der Waals surface area contributed by atoms with E-state index < -0.39 is 16.1 Å². The summed E-state index contributed by atoms with van der Waals surface area (Å²) >= 11 is 0. The molecular formula is C33H38N6O5S. The van der Waals surface area contributed by atoms with Crippen LogP contribution in [0.4, 0.5) is 5.95 Å². The minimum atomic E-state index is -4.17. The molecule has 0 saturated carbocycles. The molecule has 12 heteroatoms. The maximum atomic E-state index is 14.3. The first-order chi connectivity index (χ1) is 21.2. The van der Waals surface area contributed by atoms with Gasteiger partial charge in [0.15, 0.2) is 5.75 Å². The fraction of sp³-hybridized carbons (Fsp3) is 0.364. The highest BCUT2D eigenvalue weighted by Gasteiger charge is 2.32. The number of hydrogen-bond acceptors (Lipinski definition) is 9. The molecule has 45 heavy (non-hydrogen) atoms. The van der Waals surface area contributed by atoms with Crippen LogP contribution in [0.25, 0.3) is 11.3 Å². The number of methoxy groups -OCH3 is 1. The van der Waals surface area contributed by atoms with Crippen molar-refractivity contribution in [3.63, 3.8) is 0 Å². The number of hydrogen-bond donors (Lipinski definition) is 1. The predicted molar refractivity (Wildman–Crippen MR) is 171 cm³/mol. The molecule has 1 atom stereocenters. The average molecular weight is 631 g/mol. The number of anilines is 1. The van der Waals surface area contributed by atoms with Gasteiger partial charge < -0.3 is 14.4 Å². The van der Waals surface area contributed by atoms with Gasteiger partial charge in [-0.3, -0.25) is 4.79 Å². The van der Waals surface area contributed by atoms with E-state index in [-0.39, 0.29) is 46.8 Å². The van der Waals surface area contributed by atoms with Gasteiger partial charge in [0.2, 0.25) is 11.8 Å². The fourth-order valence-corrected chi connectivity index (χ4v) is 6.47. The Morgan fingerprint density at radius 3 is 2.40 bits per heavy atom. The van der Waals surface area contributed by atoms with Gasteiger partial charge in [-0.15, -0.1) is 0 Å². The first-order valence-corrected chi connectivity index (χ1v) is 16.1. The highest BCUT2D eigenvalue weighted by Crippen LogP contribution is 2.31. The topological polar surface area (TPSA) is 136 Å². The van der Waals surface area contributed by atoms with Crippen molar-refractivity contribution in [1.29, 1.82) is 0 Å². The van der Waals surface area contributed by atoms with Crippen molar-refractivity contribution >= 4 is 21.9 Å². The predicted octanol–water partition coefficient (Wildman–Crippen LogP) is 5.51. The minimum absolute atomic E-state index is 0.0612. The molecule has 2 aromatic carbocycles. The van der Waals surface area contributed by atoms with Gasteiger partial charge in [0, 0.05) is 17.2 Å². The van der Waals surface area contributed by atoms with Gasteiger partial charge in [0.1, 0.15) is 12.4 Å². The molecule has 1 amide bonds. The molecule has 11 nitrogen and oxygen atoms in total. The monoisotopic (exact) mass is 630 g/mol. The highest BCUT2D eigenvalue weighted by molar-refractivity contribution is 7.92. The molecule has 236 valence electrons. The van der Waals surface area contributed by atoms with E-state index in [1.807, 2.05) is 39.0 Å². The van der Waals surface area contributed by atoms with Crippen LogP contribution in [0.2, 0.25) is 0 Å². The number of ether oxygens (including phenoxy) is 2. The number of carbonyl (C=O) groups excluding carboxylic acids is 1. The first kappa shape index (κ1) is 31.8. The Hall–Kier alpha value is -4.58. The maximum Gasteiger partial charge on any atom is 0.264 e. The number of fused-ring (bicyclic) bond motifs is 4. The fourth-order valence-electron chi connectivity index (χ4n) is 5.48. The van der Waals surface area contributed by atoms with E-state index in [4.69, 9.17) is 9.47 Å². The number of aromatic nitrogens is 4. The Bertz CT molecular complexity index is 1830. The molecule has 0 unspecified atom stereocenters. The van der Waals surface area contributed by atoms with Crippen molar-refractivity contribution in [2.75, 3.05) is 18.4 Å². The van der Waals surface area contributed by atoms with Crippen molar-refractivity contribution in [2.24, 2.45) is 5.41 Å². The molecule has 5 rings (SSSR count). The van der Waals surface area contributed by atoms with Crippen molar-refractivity contribution in [3.05, 3.63) is 82.9 Å². The molecule has 1 aliphatic rings. The molecule has 0 aliphatic carbocycles. The Morgan fingerprint density at radius 2 is 1.73 bits per heavy atom. The van der Waals surface area contributed by atoms with E-state index in [1.54, 1.807) is 36.4 Å². The Balaban J connectivity index is 1.67. The van der Waals surface area contributed by atoms with Crippen LogP contribution in [0.1, 0.15) is 60.2 Å². The summed E-state index contributed by atoms with van der Waals surface area (Å²) in [5.74, 6) is 0.614. The summed E-state index contributed by atoms with van der Waals surface area (Å²) < 4.78 is 41.3. The van der Waals surface area contributed by atoms with Gasteiger partial charge in [0.05, 0.1) is 42.2 Å². The quantitative estimate of drug-likeness (QED) is 0.303. The van der Waals surface area contributed by atoms with Crippen LogP contribution in [0.5, 0.6) is 11.6 Å². The largest absolute Gasteiger partial charge is 0.493 e. The molecule has 3 heterocycles. The number of aryl methyl sites for hydroxylation is 3. The molecule has 4 aromatic rings.